The summed E-state index contributed by atoms with van der Waals surface area (Å²) in [4.78, 5) is 34.0. The van der Waals surface area contributed by atoms with Gasteiger partial charge in [0.1, 0.15) is 5.82 Å². The van der Waals surface area contributed by atoms with E-state index in [1.807, 2.05) is 0 Å². The van der Waals surface area contributed by atoms with E-state index < -0.39 is 17.7 Å². The minimum Gasteiger partial charge on any atom is -0.478 e. The van der Waals surface area contributed by atoms with Crippen molar-refractivity contribution in [2.75, 3.05) is 11.4 Å². The molecule has 1 aromatic carbocycles. The van der Waals surface area contributed by atoms with Crippen molar-refractivity contribution in [3.63, 3.8) is 0 Å². The van der Waals surface area contributed by atoms with Crippen molar-refractivity contribution in [2.45, 2.75) is 6.42 Å². The van der Waals surface area contributed by atoms with Gasteiger partial charge in [0.2, 0.25) is 5.91 Å². The molecule has 1 N–H and O–H groups in total. The molecule has 1 fully saturated rings. The van der Waals surface area contributed by atoms with Crippen LogP contribution in [0.25, 0.3) is 0 Å². The van der Waals surface area contributed by atoms with Gasteiger partial charge in [0.25, 0.3) is 0 Å². The number of carboxylic acids is 1. The van der Waals surface area contributed by atoms with Gasteiger partial charge in [-0.1, -0.05) is 0 Å². The number of amides is 1. The van der Waals surface area contributed by atoms with E-state index in [-0.39, 0.29) is 30.0 Å². The lowest BCUT2D eigenvalue weighted by Crippen LogP contribution is -2.25. The third-order valence-electron chi connectivity index (χ3n) is 2.47. The highest BCUT2D eigenvalue weighted by atomic mass is 19.1. The van der Waals surface area contributed by atoms with Crippen molar-refractivity contribution in [3.8, 4) is 0 Å². The fourth-order valence-corrected chi connectivity index (χ4v) is 1.66. The Kier molecular flexibility index (Phi) is 2.63. The standard InChI is InChI=1S/C11H8FNO4/c12-8-3-6(11(16)17)1-2-9(8)13-5-7(14)4-10(13)15/h1-3H,4-5H2,(H,16,17). The van der Waals surface area contributed by atoms with Crippen LogP contribution in [0.15, 0.2) is 18.2 Å². The molecule has 1 saturated heterocycles. The van der Waals surface area contributed by atoms with Crippen molar-refractivity contribution in [3.05, 3.63) is 29.6 Å². The molecule has 1 heterocycles. The van der Waals surface area contributed by atoms with Gasteiger partial charge < -0.3 is 10.0 Å². The largest absolute Gasteiger partial charge is 0.478 e. The van der Waals surface area contributed by atoms with Gasteiger partial charge in [-0.2, -0.15) is 0 Å². The molecule has 0 bridgehead atoms. The maximum atomic E-state index is 13.6. The third kappa shape index (κ3) is 2.01. The van der Waals surface area contributed by atoms with Crippen LogP contribution in [-0.4, -0.2) is 29.3 Å². The van der Waals surface area contributed by atoms with Crippen LogP contribution in [0.2, 0.25) is 0 Å². The van der Waals surface area contributed by atoms with Crippen LogP contribution in [0.3, 0.4) is 0 Å². The zero-order chi connectivity index (χ0) is 12.6. The summed E-state index contributed by atoms with van der Waals surface area (Å²) in [7, 11) is 0. The first-order valence-corrected chi connectivity index (χ1v) is 4.84. The molecular formula is C11H8FNO4. The number of benzene rings is 1. The normalized spacial score (nSPS) is 15.5. The number of hydrogen-bond donors (Lipinski definition) is 1. The number of carbonyl (C=O) groups is 3. The van der Waals surface area contributed by atoms with E-state index >= 15 is 0 Å². The first-order chi connectivity index (χ1) is 7.99. The SMILES string of the molecule is O=C1CC(=O)N(c2ccc(C(=O)O)cc2F)C1. The summed E-state index contributed by atoms with van der Waals surface area (Å²) < 4.78 is 13.6. The second-order valence-electron chi connectivity index (χ2n) is 3.67. The fourth-order valence-electron chi connectivity index (χ4n) is 1.66. The maximum Gasteiger partial charge on any atom is 0.335 e. The van der Waals surface area contributed by atoms with E-state index in [0.717, 1.165) is 11.0 Å². The Hall–Kier alpha value is -2.24. The first kappa shape index (κ1) is 11.3. The number of Topliss-reactive ketones (excluding diaryl/α,β-unsaturated/α-hetero) is 1. The number of hydrogen-bond acceptors (Lipinski definition) is 3. The first-order valence-electron chi connectivity index (χ1n) is 4.84. The number of carboxylic acid groups (broad SMARTS) is 1. The van der Waals surface area contributed by atoms with Gasteiger partial charge in [0.15, 0.2) is 5.78 Å². The molecular weight excluding hydrogens is 229 g/mol. The molecule has 1 aromatic rings. The van der Waals surface area contributed by atoms with E-state index in [4.69, 9.17) is 5.11 Å². The second kappa shape index (κ2) is 3.97. The van der Waals surface area contributed by atoms with Crippen molar-refractivity contribution in [2.24, 2.45) is 0 Å². The average molecular weight is 237 g/mol. The molecule has 0 spiro atoms. The molecule has 1 aliphatic heterocycles. The van der Waals surface area contributed by atoms with Gasteiger partial charge in [-0.05, 0) is 18.2 Å². The van der Waals surface area contributed by atoms with Crippen molar-refractivity contribution in [1.82, 2.24) is 0 Å². The molecule has 17 heavy (non-hydrogen) atoms. The Morgan fingerprint density at radius 1 is 1.35 bits per heavy atom. The fraction of sp³-hybridized carbons (Fsp3) is 0.182. The van der Waals surface area contributed by atoms with Crippen LogP contribution in [0, 0.1) is 5.82 Å². The summed E-state index contributed by atoms with van der Waals surface area (Å²) in [6.45, 7) is -0.165. The summed E-state index contributed by atoms with van der Waals surface area (Å²) in [5.41, 5.74) is -0.268. The van der Waals surface area contributed by atoms with E-state index in [1.165, 1.54) is 12.1 Å². The molecule has 6 heteroatoms. The highest BCUT2D eigenvalue weighted by molar-refractivity contribution is 6.15. The van der Waals surface area contributed by atoms with E-state index in [0.29, 0.717) is 0 Å². The summed E-state index contributed by atoms with van der Waals surface area (Å²) in [5.74, 6) is -2.83. The molecule has 1 aliphatic rings. The van der Waals surface area contributed by atoms with E-state index in [2.05, 4.69) is 0 Å². The van der Waals surface area contributed by atoms with Crippen LogP contribution in [-0.2, 0) is 9.59 Å². The quantitative estimate of drug-likeness (QED) is 0.773. The van der Waals surface area contributed by atoms with Gasteiger partial charge in [0.05, 0.1) is 24.2 Å². The van der Waals surface area contributed by atoms with Crippen LogP contribution < -0.4 is 4.90 Å². The summed E-state index contributed by atoms with van der Waals surface area (Å²) in [5, 5.41) is 8.66. The number of ketones is 1. The Morgan fingerprint density at radius 3 is 2.53 bits per heavy atom. The predicted molar refractivity (Wildman–Crippen MR) is 55.3 cm³/mol. The van der Waals surface area contributed by atoms with Gasteiger partial charge in [-0.15, -0.1) is 0 Å². The highest BCUT2D eigenvalue weighted by Crippen LogP contribution is 2.24. The number of carbonyl (C=O) groups excluding carboxylic acids is 2. The summed E-state index contributed by atoms with van der Waals surface area (Å²) in [6, 6.07) is 3.21. The summed E-state index contributed by atoms with van der Waals surface area (Å²) >= 11 is 0. The molecule has 88 valence electrons. The molecule has 0 atom stereocenters. The molecule has 0 unspecified atom stereocenters. The number of nitrogens with zero attached hydrogens (tertiary/aromatic N) is 1. The highest BCUT2D eigenvalue weighted by Gasteiger charge is 2.30. The van der Waals surface area contributed by atoms with Crippen molar-refractivity contribution >= 4 is 23.3 Å². The lowest BCUT2D eigenvalue weighted by Gasteiger charge is -2.15. The average Bonchev–Trinajstić information content (AvgIpc) is 2.57. The number of rotatable bonds is 2. The van der Waals surface area contributed by atoms with E-state index in [9.17, 15) is 18.8 Å². The minimum atomic E-state index is -1.25. The van der Waals surface area contributed by atoms with E-state index in [1.54, 1.807) is 0 Å². The smallest absolute Gasteiger partial charge is 0.335 e. The van der Waals surface area contributed by atoms with Crippen LogP contribution in [0.1, 0.15) is 16.8 Å². The molecule has 2 rings (SSSR count). The number of anilines is 1. The Labute approximate surface area is 95.5 Å². The minimum absolute atomic E-state index is 0.0640. The predicted octanol–water partition coefficient (Wildman–Crippen LogP) is 0.830. The van der Waals surface area contributed by atoms with Gasteiger partial charge in [0, 0.05) is 0 Å². The Balaban J connectivity index is 2.37. The third-order valence-corrected chi connectivity index (χ3v) is 2.47. The number of halogens is 1. The molecule has 5 nitrogen and oxygen atoms in total. The Morgan fingerprint density at radius 2 is 2.06 bits per heavy atom. The molecule has 0 saturated carbocycles. The monoisotopic (exact) mass is 237 g/mol. The van der Waals surface area contributed by atoms with Crippen molar-refractivity contribution < 1.29 is 23.9 Å². The van der Waals surface area contributed by atoms with Crippen LogP contribution in [0.5, 0.6) is 0 Å². The zero-order valence-electron chi connectivity index (χ0n) is 8.64. The Bertz CT molecular complexity index is 526. The maximum absolute atomic E-state index is 13.6. The number of aromatic carboxylic acids is 1. The van der Waals surface area contributed by atoms with Gasteiger partial charge in [-0.25, -0.2) is 9.18 Å². The van der Waals surface area contributed by atoms with Gasteiger partial charge in [-0.3, -0.25) is 9.59 Å². The summed E-state index contributed by atoms with van der Waals surface area (Å²) in [6.07, 6.45) is -0.236. The molecule has 0 aromatic heterocycles. The molecule has 0 radical (unpaired) electrons. The van der Waals surface area contributed by atoms with Crippen LogP contribution in [0.4, 0.5) is 10.1 Å². The van der Waals surface area contributed by atoms with Gasteiger partial charge >= 0.3 is 5.97 Å². The second-order valence-corrected chi connectivity index (χ2v) is 3.67. The van der Waals surface area contributed by atoms with Crippen LogP contribution >= 0.6 is 0 Å². The molecule has 0 aliphatic carbocycles. The molecule has 1 amide bonds. The topological polar surface area (TPSA) is 74.7 Å². The lowest BCUT2D eigenvalue weighted by atomic mass is 10.2. The zero-order valence-corrected chi connectivity index (χ0v) is 8.64. The van der Waals surface area contributed by atoms with Crippen molar-refractivity contribution in [1.29, 1.82) is 0 Å². The lowest BCUT2D eigenvalue weighted by molar-refractivity contribution is -0.121.